The largest absolute Gasteiger partial charge is 0.490 e. The highest BCUT2D eigenvalue weighted by molar-refractivity contribution is 5.69. The second-order valence-electron chi connectivity index (χ2n) is 9.51. The minimum Gasteiger partial charge on any atom is -0.490 e. The van der Waals surface area contributed by atoms with Crippen LogP contribution in [-0.4, -0.2) is 18.7 Å². The molecule has 0 amide bonds. The Bertz CT molecular complexity index is 779. The number of carbonyl (C=O) groups is 1. The molecule has 1 atom stereocenters. The fourth-order valence-corrected chi connectivity index (χ4v) is 4.12. The molecular weight excluding hydrogens is 420 g/mol. The van der Waals surface area contributed by atoms with Crippen molar-refractivity contribution in [1.29, 1.82) is 0 Å². The lowest BCUT2D eigenvalue weighted by molar-refractivity contribution is -0.149. The summed E-state index contributed by atoms with van der Waals surface area (Å²) in [4.78, 5) is 12.0. The molecule has 0 fully saturated rings. The number of rotatable bonds is 18. The third-order valence-electron chi connectivity index (χ3n) is 6.26. The molecule has 1 unspecified atom stereocenters. The zero-order chi connectivity index (χ0) is 24.4. The number of unbranched alkanes of at least 4 members (excludes halogenated alkanes) is 9. The maximum Gasteiger partial charge on any atom is 0.306 e. The van der Waals surface area contributed by atoms with Crippen molar-refractivity contribution in [2.75, 3.05) is 6.61 Å². The number of hydrogen-bond acceptors (Lipinski definition) is 3. The first-order valence-corrected chi connectivity index (χ1v) is 13.6. The molecule has 0 radical (unpaired) electrons. The van der Waals surface area contributed by atoms with E-state index in [1.54, 1.807) is 0 Å². The van der Waals surface area contributed by atoms with Gasteiger partial charge in [-0.15, -0.1) is 0 Å². The lowest BCUT2D eigenvalue weighted by atomic mass is 10.0. The molecule has 0 saturated carbocycles. The summed E-state index contributed by atoms with van der Waals surface area (Å²) in [5.74, 6) is 0.675. The third-order valence-corrected chi connectivity index (χ3v) is 6.26. The molecule has 0 aliphatic heterocycles. The molecule has 0 N–H and O–H groups in total. The van der Waals surface area contributed by atoms with Crippen LogP contribution in [0, 0.1) is 0 Å². The first-order chi connectivity index (χ1) is 16.6. The van der Waals surface area contributed by atoms with Crippen LogP contribution >= 0.6 is 0 Å². The van der Waals surface area contributed by atoms with Crippen molar-refractivity contribution in [3.8, 4) is 16.9 Å². The number of carbonyl (C=O) groups excluding carboxylic acids is 1. The summed E-state index contributed by atoms with van der Waals surface area (Å²) in [7, 11) is 0. The van der Waals surface area contributed by atoms with E-state index < -0.39 is 0 Å². The van der Waals surface area contributed by atoms with Gasteiger partial charge in [0.15, 0.2) is 0 Å². The minimum absolute atomic E-state index is 0.122. The van der Waals surface area contributed by atoms with Crippen LogP contribution in [-0.2, 0) is 16.0 Å². The Hall–Kier alpha value is -2.29. The molecule has 0 heterocycles. The zero-order valence-electron chi connectivity index (χ0n) is 21.8. The van der Waals surface area contributed by atoms with Crippen LogP contribution in [0.3, 0.4) is 0 Å². The van der Waals surface area contributed by atoms with E-state index >= 15 is 0 Å². The molecule has 34 heavy (non-hydrogen) atoms. The van der Waals surface area contributed by atoms with Gasteiger partial charge in [-0.2, -0.15) is 0 Å². The summed E-state index contributed by atoms with van der Waals surface area (Å²) >= 11 is 0. The number of benzene rings is 2. The SMILES string of the molecule is CCCCCCCCc1ccc(-c2ccc(OCC(C)OC(=O)CCCCCCC)cc2)cc1. The number of esters is 1. The molecule has 3 nitrogen and oxygen atoms in total. The smallest absolute Gasteiger partial charge is 0.306 e. The van der Waals surface area contributed by atoms with E-state index in [2.05, 4.69) is 50.2 Å². The summed E-state index contributed by atoms with van der Waals surface area (Å²) in [5.41, 5.74) is 3.82. The summed E-state index contributed by atoms with van der Waals surface area (Å²) in [5, 5.41) is 0. The molecule has 0 saturated heterocycles. The standard InChI is InChI=1S/C31H46O3/c1-4-6-8-10-12-13-15-27-17-19-28(20-18-27)29-21-23-30(24-22-29)33-25-26(3)34-31(32)16-14-11-9-7-5-2/h17-24,26H,4-16,25H2,1-3H3. The Kier molecular flexibility index (Phi) is 14.1. The molecule has 2 aromatic carbocycles. The van der Waals surface area contributed by atoms with Gasteiger partial charge in [-0.05, 0) is 55.0 Å². The maximum atomic E-state index is 12.0. The number of aryl methyl sites for hydroxylation is 1. The van der Waals surface area contributed by atoms with Crippen LogP contribution in [0.5, 0.6) is 5.75 Å². The highest BCUT2D eigenvalue weighted by Gasteiger charge is 2.10. The van der Waals surface area contributed by atoms with Crippen molar-refractivity contribution in [2.24, 2.45) is 0 Å². The molecular formula is C31H46O3. The van der Waals surface area contributed by atoms with Gasteiger partial charge in [0.05, 0.1) is 0 Å². The van der Waals surface area contributed by atoms with Gasteiger partial charge >= 0.3 is 5.97 Å². The second kappa shape index (κ2) is 17.2. The van der Waals surface area contributed by atoms with Gasteiger partial charge in [-0.25, -0.2) is 0 Å². The highest BCUT2D eigenvalue weighted by atomic mass is 16.6. The van der Waals surface area contributed by atoms with Crippen LogP contribution in [0.1, 0.15) is 103 Å². The Labute approximate surface area is 208 Å². The average molecular weight is 467 g/mol. The first kappa shape index (κ1) is 28.0. The van der Waals surface area contributed by atoms with Crippen LogP contribution in [0.2, 0.25) is 0 Å². The molecule has 0 aliphatic carbocycles. The Morgan fingerprint density at radius 2 is 1.24 bits per heavy atom. The highest BCUT2D eigenvalue weighted by Crippen LogP contribution is 2.23. The normalized spacial score (nSPS) is 11.9. The zero-order valence-corrected chi connectivity index (χ0v) is 21.8. The molecule has 0 spiro atoms. The molecule has 0 bridgehead atoms. The van der Waals surface area contributed by atoms with Crippen LogP contribution < -0.4 is 4.74 Å². The summed E-state index contributed by atoms with van der Waals surface area (Å²) < 4.78 is 11.3. The van der Waals surface area contributed by atoms with E-state index in [0.717, 1.165) is 18.6 Å². The van der Waals surface area contributed by atoms with Crippen molar-refractivity contribution < 1.29 is 14.3 Å². The van der Waals surface area contributed by atoms with Crippen LogP contribution in [0.15, 0.2) is 48.5 Å². The van der Waals surface area contributed by atoms with E-state index in [4.69, 9.17) is 9.47 Å². The Morgan fingerprint density at radius 3 is 1.85 bits per heavy atom. The van der Waals surface area contributed by atoms with Crippen molar-refractivity contribution in [2.45, 2.75) is 110 Å². The average Bonchev–Trinajstić information content (AvgIpc) is 2.85. The van der Waals surface area contributed by atoms with Gasteiger partial charge in [-0.1, -0.05) is 108 Å². The molecule has 188 valence electrons. The van der Waals surface area contributed by atoms with Gasteiger partial charge in [-0.3, -0.25) is 4.79 Å². The van der Waals surface area contributed by atoms with Gasteiger partial charge in [0.2, 0.25) is 0 Å². The fraction of sp³-hybridized carbons (Fsp3) is 0.581. The topological polar surface area (TPSA) is 35.5 Å². The van der Waals surface area contributed by atoms with E-state index in [1.165, 1.54) is 80.9 Å². The van der Waals surface area contributed by atoms with E-state index in [9.17, 15) is 4.79 Å². The third kappa shape index (κ3) is 11.7. The van der Waals surface area contributed by atoms with Crippen molar-refractivity contribution in [1.82, 2.24) is 0 Å². The lowest BCUT2D eigenvalue weighted by Crippen LogP contribution is -2.21. The van der Waals surface area contributed by atoms with Crippen LogP contribution in [0.25, 0.3) is 11.1 Å². The van der Waals surface area contributed by atoms with Crippen LogP contribution in [0.4, 0.5) is 0 Å². The summed E-state index contributed by atoms with van der Waals surface area (Å²) in [6.07, 6.45) is 15.1. The van der Waals surface area contributed by atoms with Crippen molar-refractivity contribution in [3.05, 3.63) is 54.1 Å². The van der Waals surface area contributed by atoms with Crippen molar-refractivity contribution in [3.63, 3.8) is 0 Å². The van der Waals surface area contributed by atoms with Crippen molar-refractivity contribution >= 4 is 5.97 Å². The predicted octanol–water partition coefficient (Wildman–Crippen LogP) is 8.93. The number of hydrogen-bond donors (Lipinski definition) is 0. The first-order valence-electron chi connectivity index (χ1n) is 13.6. The summed E-state index contributed by atoms with van der Waals surface area (Å²) in [6, 6.07) is 17.1. The van der Waals surface area contributed by atoms with Gasteiger partial charge in [0.1, 0.15) is 18.5 Å². The fourth-order valence-electron chi connectivity index (χ4n) is 4.12. The molecule has 0 aliphatic rings. The van der Waals surface area contributed by atoms with Gasteiger partial charge in [0.25, 0.3) is 0 Å². The Balaban J connectivity index is 1.68. The van der Waals surface area contributed by atoms with E-state index in [-0.39, 0.29) is 12.1 Å². The maximum absolute atomic E-state index is 12.0. The monoisotopic (exact) mass is 466 g/mol. The van der Waals surface area contributed by atoms with Gasteiger partial charge < -0.3 is 9.47 Å². The second-order valence-corrected chi connectivity index (χ2v) is 9.51. The molecule has 0 aromatic heterocycles. The molecule has 2 rings (SSSR count). The Morgan fingerprint density at radius 1 is 0.706 bits per heavy atom. The summed E-state index contributed by atoms with van der Waals surface area (Å²) in [6.45, 7) is 6.71. The molecule has 2 aromatic rings. The van der Waals surface area contributed by atoms with Gasteiger partial charge in [0, 0.05) is 6.42 Å². The quantitative estimate of drug-likeness (QED) is 0.162. The lowest BCUT2D eigenvalue weighted by Gasteiger charge is -2.15. The minimum atomic E-state index is -0.248. The predicted molar refractivity (Wildman–Crippen MR) is 143 cm³/mol. The van der Waals surface area contributed by atoms with E-state index in [1.807, 2.05) is 19.1 Å². The van der Waals surface area contributed by atoms with E-state index in [0.29, 0.717) is 13.0 Å². The molecule has 3 heteroatoms. The number of ether oxygens (including phenoxy) is 2.